The van der Waals surface area contributed by atoms with Crippen molar-refractivity contribution in [1.82, 2.24) is 0 Å². The maximum absolute atomic E-state index is 12.4. The van der Waals surface area contributed by atoms with Gasteiger partial charge in [-0.1, -0.05) is 168 Å². The molecule has 10 atom stereocenters. The van der Waals surface area contributed by atoms with Crippen LogP contribution in [0.15, 0.2) is 0 Å². The van der Waals surface area contributed by atoms with E-state index >= 15 is 0 Å². The minimum atomic E-state index is -1.80. The Hall–Kier alpha value is -1.42. The van der Waals surface area contributed by atoms with Crippen LogP contribution >= 0.6 is 0 Å². The Balaban J connectivity index is 1.65. The molecule has 6 N–H and O–H groups in total. The van der Waals surface area contributed by atoms with Crippen molar-refractivity contribution >= 4 is 11.9 Å². The lowest BCUT2D eigenvalue weighted by Gasteiger charge is -2.44. The van der Waals surface area contributed by atoms with E-state index in [4.69, 9.17) is 23.7 Å². The van der Waals surface area contributed by atoms with Crippen LogP contribution in [0.1, 0.15) is 194 Å². The Morgan fingerprint density at radius 3 is 0.930 bits per heavy atom. The zero-order valence-corrected chi connectivity index (χ0v) is 35.5. The first-order chi connectivity index (χ1) is 27.6. The van der Waals surface area contributed by atoms with E-state index in [0.717, 1.165) is 38.5 Å². The summed E-state index contributed by atoms with van der Waals surface area (Å²) in [4.78, 5) is 24.8. The minimum Gasteiger partial charge on any atom is -0.463 e. The summed E-state index contributed by atoms with van der Waals surface area (Å²) in [5.41, 5.74) is 0. The van der Waals surface area contributed by atoms with E-state index in [2.05, 4.69) is 13.8 Å². The molecule has 0 aliphatic carbocycles. The molecular formula is C44H82O13. The van der Waals surface area contributed by atoms with Crippen LogP contribution in [0.2, 0.25) is 0 Å². The molecule has 0 spiro atoms. The summed E-state index contributed by atoms with van der Waals surface area (Å²) in [7, 11) is 0. The van der Waals surface area contributed by atoms with Crippen LogP contribution in [0.4, 0.5) is 0 Å². The molecule has 57 heavy (non-hydrogen) atoms. The van der Waals surface area contributed by atoms with Gasteiger partial charge in [0.2, 0.25) is 0 Å². The third-order valence-corrected chi connectivity index (χ3v) is 11.4. The molecule has 336 valence electrons. The second-order valence-corrected chi connectivity index (χ2v) is 16.5. The molecule has 0 radical (unpaired) electrons. The summed E-state index contributed by atoms with van der Waals surface area (Å²) in [6.07, 6.45) is 14.9. The maximum Gasteiger partial charge on any atom is 0.305 e. The number of carbonyl (C=O) groups excluding carboxylic acids is 2. The first kappa shape index (κ1) is 51.7. The summed E-state index contributed by atoms with van der Waals surface area (Å²) < 4.78 is 27.5. The lowest BCUT2D eigenvalue weighted by atomic mass is 9.98. The van der Waals surface area contributed by atoms with Gasteiger partial charge in [-0.2, -0.15) is 0 Å². The van der Waals surface area contributed by atoms with Crippen molar-refractivity contribution in [3.63, 3.8) is 0 Å². The van der Waals surface area contributed by atoms with Crippen molar-refractivity contribution in [2.75, 3.05) is 13.2 Å². The van der Waals surface area contributed by atoms with E-state index in [1.807, 2.05) is 0 Å². The first-order valence-corrected chi connectivity index (χ1v) is 23.0. The fourth-order valence-electron chi connectivity index (χ4n) is 7.53. The van der Waals surface area contributed by atoms with Gasteiger partial charge < -0.3 is 54.3 Å². The average molecular weight is 819 g/mol. The Labute approximate surface area is 343 Å². The molecule has 2 rings (SSSR count). The Kier molecular flexibility index (Phi) is 29.4. The summed E-state index contributed by atoms with van der Waals surface area (Å²) in [6, 6.07) is 0. The van der Waals surface area contributed by atoms with Crippen LogP contribution in [-0.4, -0.2) is 117 Å². The van der Waals surface area contributed by atoms with Crippen LogP contribution in [0.5, 0.6) is 0 Å². The minimum absolute atomic E-state index is 0.194. The summed E-state index contributed by atoms with van der Waals surface area (Å²) in [5.74, 6) is -0.969. The smallest absolute Gasteiger partial charge is 0.305 e. The Bertz CT molecular complexity index is 925. The third-order valence-electron chi connectivity index (χ3n) is 11.4. The van der Waals surface area contributed by atoms with E-state index in [-0.39, 0.29) is 12.8 Å². The fraction of sp³-hybridized carbons (Fsp3) is 0.955. The highest BCUT2D eigenvalue weighted by Crippen LogP contribution is 2.29. The van der Waals surface area contributed by atoms with Gasteiger partial charge in [0.1, 0.15) is 62.0 Å². The molecular weight excluding hydrogens is 736 g/mol. The Morgan fingerprint density at radius 2 is 0.649 bits per heavy atom. The van der Waals surface area contributed by atoms with Gasteiger partial charge >= 0.3 is 11.9 Å². The summed E-state index contributed by atoms with van der Waals surface area (Å²) in [5, 5.41) is 63.3. The molecule has 2 fully saturated rings. The van der Waals surface area contributed by atoms with E-state index in [1.165, 1.54) is 116 Å². The number of unbranched alkanes of at least 4 members (excludes halogenated alkanes) is 24. The number of hydrogen-bond acceptors (Lipinski definition) is 13. The number of rotatable bonds is 34. The number of esters is 2. The molecule has 2 heterocycles. The molecule has 2 aliphatic rings. The SMILES string of the molecule is CCCCCCCCCCCCCCCC(=O)OCC1O[C@H](O[C@H]2OC(COC(=O)CCCCCCCCCCCCCCC)[C@@H](O)C(O)[C@H]2O)C(O)C(O)[C@@H]1O. The van der Waals surface area contributed by atoms with Crippen molar-refractivity contribution in [2.24, 2.45) is 0 Å². The molecule has 0 saturated carbocycles. The first-order valence-electron chi connectivity index (χ1n) is 23.0. The van der Waals surface area contributed by atoms with Crippen molar-refractivity contribution < 1.29 is 63.9 Å². The van der Waals surface area contributed by atoms with Crippen molar-refractivity contribution in [1.29, 1.82) is 0 Å². The molecule has 2 aliphatic heterocycles. The van der Waals surface area contributed by atoms with Gasteiger partial charge in [0.15, 0.2) is 12.6 Å². The van der Waals surface area contributed by atoms with Crippen LogP contribution < -0.4 is 0 Å². The monoisotopic (exact) mass is 819 g/mol. The number of aliphatic hydroxyl groups is 6. The van der Waals surface area contributed by atoms with Gasteiger partial charge in [-0.3, -0.25) is 9.59 Å². The predicted molar refractivity (Wildman–Crippen MR) is 217 cm³/mol. The molecule has 13 nitrogen and oxygen atoms in total. The molecule has 13 heteroatoms. The molecule has 2 saturated heterocycles. The highest BCUT2D eigenvalue weighted by atomic mass is 16.8. The lowest BCUT2D eigenvalue weighted by molar-refractivity contribution is -0.376. The largest absolute Gasteiger partial charge is 0.463 e. The highest BCUT2D eigenvalue weighted by molar-refractivity contribution is 5.69. The molecule has 0 amide bonds. The second-order valence-electron chi connectivity index (χ2n) is 16.5. The third kappa shape index (κ3) is 22.1. The van der Waals surface area contributed by atoms with E-state index < -0.39 is 86.6 Å². The lowest BCUT2D eigenvalue weighted by Crippen LogP contribution is -2.64. The predicted octanol–water partition coefficient (Wildman–Crippen LogP) is 6.67. The van der Waals surface area contributed by atoms with Crippen LogP contribution in [0, 0.1) is 0 Å². The van der Waals surface area contributed by atoms with Gasteiger partial charge in [-0.25, -0.2) is 0 Å². The van der Waals surface area contributed by atoms with Crippen LogP contribution in [0.25, 0.3) is 0 Å². The summed E-state index contributed by atoms with van der Waals surface area (Å²) in [6.45, 7) is 3.62. The topological polar surface area (TPSA) is 202 Å². The van der Waals surface area contributed by atoms with Crippen molar-refractivity contribution in [3.8, 4) is 0 Å². The average Bonchev–Trinajstić information content (AvgIpc) is 3.20. The number of ether oxygens (including phenoxy) is 5. The zero-order chi connectivity index (χ0) is 41.7. The van der Waals surface area contributed by atoms with Gasteiger partial charge in [0.05, 0.1) is 0 Å². The van der Waals surface area contributed by atoms with Gasteiger partial charge in [0.25, 0.3) is 0 Å². The van der Waals surface area contributed by atoms with E-state index in [9.17, 15) is 40.2 Å². The molecule has 0 aromatic carbocycles. The number of hydrogen-bond donors (Lipinski definition) is 6. The normalized spacial score (nSPS) is 27.7. The highest BCUT2D eigenvalue weighted by Gasteiger charge is 2.50. The Morgan fingerprint density at radius 1 is 0.386 bits per heavy atom. The van der Waals surface area contributed by atoms with E-state index in [1.54, 1.807) is 0 Å². The maximum atomic E-state index is 12.4. The van der Waals surface area contributed by atoms with Crippen molar-refractivity contribution in [3.05, 3.63) is 0 Å². The molecule has 0 aromatic rings. The van der Waals surface area contributed by atoms with Crippen LogP contribution in [0.3, 0.4) is 0 Å². The van der Waals surface area contributed by atoms with Crippen LogP contribution in [-0.2, 0) is 33.3 Å². The van der Waals surface area contributed by atoms with Gasteiger partial charge in [-0.05, 0) is 12.8 Å². The molecule has 0 bridgehead atoms. The van der Waals surface area contributed by atoms with Crippen molar-refractivity contribution in [2.45, 2.75) is 255 Å². The number of aliphatic hydroxyl groups excluding tert-OH is 6. The fourth-order valence-corrected chi connectivity index (χ4v) is 7.53. The van der Waals surface area contributed by atoms with Gasteiger partial charge in [-0.15, -0.1) is 0 Å². The molecule has 5 unspecified atom stereocenters. The van der Waals surface area contributed by atoms with Gasteiger partial charge in [0, 0.05) is 12.8 Å². The second kappa shape index (κ2) is 32.4. The molecule has 0 aromatic heterocycles. The summed E-state index contributed by atoms with van der Waals surface area (Å²) >= 11 is 0. The standard InChI is InChI=1S/C44H82O13/c1-3-5-7-9-11-13-15-17-19-21-23-25-27-29-35(45)53-31-33-37(47)39(49)41(51)43(55-33)57-44-42(52)40(50)38(48)34(56-44)32-54-36(46)30-28-26-24-22-20-18-16-14-12-10-8-6-4-2/h33-34,37-44,47-52H,3-32H2,1-2H3/t33?,34?,37-,38-,39?,40?,41-,42?,43-,44-/m1/s1. The quantitative estimate of drug-likeness (QED) is 0.0297. The zero-order valence-electron chi connectivity index (χ0n) is 35.5. The van der Waals surface area contributed by atoms with E-state index in [0.29, 0.717) is 12.8 Å². The number of carbonyl (C=O) groups is 2.